The number of carbonyl (C=O) groups is 2. The fraction of sp³-hybridized carbons (Fsp3) is 0.286. The Balaban J connectivity index is 1.64. The number of hydrogen-bond acceptors (Lipinski definition) is 4. The first-order chi connectivity index (χ1) is 17.0. The minimum atomic E-state index is -0.561. The van der Waals surface area contributed by atoms with Crippen LogP contribution in [0.2, 0.25) is 0 Å². The second-order valence-electron chi connectivity index (χ2n) is 8.43. The second-order valence-corrected chi connectivity index (χ2v) is 8.43. The summed E-state index contributed by atoms with van der Waals surface area (Å²) in [5.41, 5.74) is 1.98. The number of methoxy groups -OCH3 is 2. The van der Waals surface area contributed by atoms with Gasteiger partial charge in [-0.3, -0.25) is 9.59 Å². The van der Waals surface area contributed by atoms with Crippen molar-refractivity contribution in [3.05, 3.63) is 89.7 Å². The maximum absolute atomic E-state index is 14.0. The Morgan fingerprint density at radius 1 is 1.00 bits per heavy atom. The van der Waals surface area contributed by atoms with Crippen LogP contribution in [0.25, 0.3) is 0 Å². The molecule has 4 rings (SSSR count). The Bertz CT molecular complexity index is 1180. The number of ether oxygens (including phenoxy) is 2. The lowest BCUT2D eigenvalue weighted by Crippen LogP contribution is -2.48. The van der Waals surface area contributed by atoms with Gasteiger partial charge in [0, 0.05) is 24.2 Å². The van der Waals surface area contributed by atoms with Gasteiger partial charge in [-0.05, 0) is 54.8 Å². The monoisotopic (exact) mass is 476 g/mol. The van der Waals surface area contributed by atoms with Crippen LogP contribution in [-0.4, -0.2) is 32.6 Å². The number of piperidine rings is 1. The molecular formula is C28H29FN2O4. The largest absolute Gasteiger partial charge is 0.497 e. The normalized spacial score (nSPS) is 17.7. The molecule has 2 atom stereocenters. The third-order valence-corrected chi connectivity index (χ3v) is 6.39. The molecule has 0 bridgehead atoms. The topological polar surface area (TPSA) is 67.9 Å². The standard InChI is InChI=1S/C28H29FN2O4/c1-34-21-13-11-20(12-14-21)31-26(32)16-15-23(27(31)22-8-4-6-10-25(22)35-2)28(33)30-18-17-19-7-3-5-9-24(19)29/h3-14,23,27H,15-18H2,1-2H3,(H,30,33)/t23-,27+/m0/s1. The van der Waals surface area contributed by atoms with Crippen molar-refractivity contribution >= 4 is 17.5 Å². The highest BCUT2D eigenvalue weighted by Crippen LogP contribution is 2.43. The van der Waals surface area contributed by atoms with E-state index in [9.17, 15) is 14.0 Å². The Hall–Kier alpha value is -3.87. The predicted octanol–water partition coefficient (Wildman–Crippen LogP) is 4.69. The van der Waals surface area contributed by atoms with Crippen molar-refractivity contribution in [2.45, 2.75) is 25.3 Å². The molecule has 0 aromatic heterocycles. The Kier molecular flexibility index (Phi) is 7.65. The van der Waals surface area contributed by atoms with E-state index in [2.05, 4.69) is 5.32 Å². The summed E-state index contributed by atoms with van der Waals surface area (Å²) in [5, 5.41) is 2.97. The van der Waals surface area contributed by atoms with Crippen LogP contribution in [0.15, 0.2) is 72.8 Å². The van der Waals surface area contributed by atoms with Gasteiger partial charge >= 0.3 is 0 Å². The van der Waals surface area contributed by atoms with E-state index in [1.54, 1.807) is 49.5 Å². The van der Waals surface area contributed by atoms with E-state index >= 15 is 0 Å². The van der Waals surface area contributed by atoms with Gasteiger partial charge in [-0.25, -0.2) is 4.39 Å². The van der Waals surface area contributed by atoms with E-state index in [0.29, 0.717) is 42.1 Å². The Labute approximate surface area is 204 Å². The molecule has 2 amide bonds. The number of halogens is 1. The SMILES string of the molecule is COc1ccc(N2C(=O)CC[C@H](C(=O)NCCc3ccccc3F)[C@H]2c2ccccc2OC)cc1. The molecule has 0 spiro atoms. The van der Waals surface area contributed by atoms with E-state index in [0.717, 1.165) is 5.56 Å². The van der Waals surface area contributed by atoms with Crippen LogP contribution >= 0.6 is 0 Å². The average Bonchev–Trinajstić information content (AvgIpc) is 2.89. The fourth-order valence-corrected chi connectivity index (χ4v) is 4.63. The number of benzene rings is 3. The van der Waals surface area contributed by atoms with Crippen molar-refractivity contribution in [1.29, 1.82) is 0 Å². The van der Waals surface area contributed by atoms with Gasteiger partial charge in [0.05, 0.1) is 26.2 Å². The first kappa shape index (κ1) is 24.3. The molecule has 0 saturated carbocycles. The fourth-order valence-electron chi connectivity index (χ4n) is 4.63. The molecule has 0 radical (unpaired) electrons. The number of nitrogens with one attached hydrogen (secondary N) is 1. The molecule has 1 N–H and O–H groups in total. The summed E-state index contributed by atoms with van der Waals surface area (Å²) in [6.45, 7) is 0.297. The minimum Gasteiger partial charge on any atom is -0.497 e. The summed E-state index contributed by atoms with van der Waals surface area (Å²) in [6, 6.07) is 20.6. The number of amides is 2. The maximum Gasteiger partial charge on any atom is 0.227 e. The van der Waals surface area contributed by atoms with Crippen LogP contribution < -0.4 is 19.7 Å². The minimum absolute atomic E-state index is 0.0681. The number of hydrogen-bond donors (Lipinski definition) is 1. The molecule has 1 aliphatic heterocycles. The Morgan fingerprint density at radius 2 is 1.71 bits per heavy atom. The summed E-state index contributed by atoms with van der Waals surface area (Å²) in [7, 11) is 3.16. The van der Waals surface area contributed by atoms with Crippen molar-refractivity contribution in [1.82, 2.24) is 5.32 Å². The van der Waals surface area contributed by atoms with Gasteiger partial charge in [-0.1, -0.05) is 36.4 Å². The number of carbonyl (C=O) groups excluding carboxylic acids is 2. The molecule has 0 unspecified atom stereocenters. The predicted molar refractivity (Wildman–Crippen MR) is 132 cm³/mol. The van der Waals surface area contributed by atoms with Crippen LogP contribution in [0.5, 0.6) is 11.5 Å². The number of nitrogens with zero attached hydrogens (tertiary/aromatic N) is 1. The molecule has 182 valence electrons. The van der Waals surface area contributed by atoms with Crippen LogP contribution in [0.4, 0.5) is 10.1 Å². The first-order valence-electron chi connectivity index (χ1n) is 11.6. The number of rotatable bonds is 8. The summed E-state index contributed by atoms with van der Waals surface area (Å²) in [4.78, 5) is 28.3. The van der Waals surface area contributed by atoms with Crippen molar-refractivity contribution in [2.75, 3.05) is 25.7 Å². The molecule has 6 nitrogen and oxygen atoms in total. The molecule has 35 heavy (non-hydrogen) atoms. The van der Waals surface area contributed by atoms with E-state index < -0.39 is 12.0 Å². The molecule has 3 aromatic rings. The second kappa shape index (κ2) is 11.0. The van der Waals surface area contributed by atoms with Gasteiger partial charge in [-0.2, -0.15) is 0 Å². The molecular weight excluding hydrogens is 447 g/mol. The van der Waals surface area contributed by atoms with Gasteiger partial charge in [-0.15, -0.1) is 0 Å². The molecule has 1 fully saturated rings. The zero-order valence-corrected chi connectivity index (χ0v) is 19.9. The van der Waals surface area contributed by atoms with Crippen LogP contribution in [-0.2, 0) is 16.0 Å². The molecule has 1 saturated heterocycles. The summed E-state index contributed by atoms with van der Waals surface area (Å²) >= 11 is 0. The van der Waals surface area contributed by atoms with Gasteiger partial charge in [0.25, 0.3) is 0 Å². The van der Waals surface area contributed by atoms with Crippen LogP contribution in [0, 0.1) is 11.7 Å². The molecule has 3 aromatic carbocycles. The number of para-hydroxylation sites is 1. The Morgan fingerprint density at radius 3 is 2.43 bits per heavy atom. The van der Waals surface area contributed by atoms with Crippen LogP contribution in [0.1, 0.15) is 30.0 Å². The molecule has 1 heterocycles. The molecule has 1 aliphatic rings. The average molecular weight is 477 g/mol. The van der Waals surface area contributed by atoms with Crippen LogP contribution in [0.3, 0.4) is 0 Å². The smallest absolute Gasteiger partial charge is 0.227 e. The van der Waals surface area contributed by atoms with Crippen molar-refractivity contribution in [3.8, 4) is 11.5 Å². The number of anilines is 1. The van der Waals surface area contributed by atoms with Crippen molar-refractivity contribution in [2.24, 2.45) is 5.92 Å². The lowest BCUT2D eigenvalue weighted by atomic mass is 9.82. The zero-order valence-electron chi connectivity index (χ0n) is 19.9. The summed E-state index contributed by atoms with van der Waals surface area (Å²) in [6.07, 6.45) is 1.02. The summed E-state index contributed by atoms with van der Waals surface area (Å²) in [5.74, 6) is 0.239. The zero-order chi connectivity index (χ0) is 24.8. The summed E-state index contributed by atoms with van der Waals surface area (Å²) < 4.78 is 24.9. The molecule has 0 aliphatic carbocycles. The maximum atomic E-state index is 14.0. The highest BCUT2D eigenvalue weighted by Gasteiger charge is 2.42. The van der Waals surface area contributed by atoms with Gasteiger partial charge in [0.2, 0.25) is 11.8 Å². The highest BCUT2D eigenvalue weighted by molar-refractivity contribution is 5.97. The lowest BCUT2D eigenvalue weighted by Gasteiger charge is -2.41. The van der Waals surface area contributed by atoms with E-state index in [1.165, 1.54) is 6.07 Å². The van der Waals surface area contributed by atoms with Gasteiger partial charge in [0.15, 0.2) is 0 Å². The third kappa shape index (κ3) is 5.29. The van der Waals surface area contributed by atoms with Gasteiger partial charge < -0.3 is 19.7 Å². The van der Waals surface area contributed by atoms with Crippen molar-refractivity contribution < 1.29 is 23.5 Å². The van der Waals surface area contributed by atoms with E-state index in [1.807, 2.05) is 36.4 Å². The first-order valence-corrected chi connectivity index (χ1v) is 11.6. The van der Waals surface area contributed by atoms with E-state index in [-0.39, 0.29) is 24.1 Å². The third-order valence-electron chi connectivity index (χ3n) is 6.39. The van der Waals surface area contributed by atoms with Crippen molar-refractivity contribution in [3.63, 3.8) is 0 Å². The quantitative estimate of drug-likeness (QED) is 0.512. The van der Waals surface area contributed by atoms with Gasteiger partial charge in [0.1, 0.15) is 17.3 Å². The van der Waals surface area contributed by atoms with E-state index in [4.69, 9.17) is 9.47 Å². The molecule has 7 heteroatoms. The highest BCUT2D eigenvalue weighted by atomic mass is 19.1. The lowest BCUT2D eigenvalue weighted by molar-refractivity contribution is -0.129.